The van der Waals surface area contributed by atoms with Crippen LogP contribution in [0.1, 0.15) is 12.5 Å². The molecule has 0 atom stereocenters. The smallest absolute Gasteiger partial charge is 0.277 e. The Balaban J connectivity index is 1.62. The van der Waals surface area contributed by atoms with Gasteiger partial charge < -0.3 is 9.47 Å². The van der Waals surface area contributed by atoms with Crippen LogP contribution < -0.4 is 14.9 Å². The fourth-order valence-corrected chi connectivity index (χ4v) is 4.58. The Hall–Kier alpha value is -1.72. The van der Waals surface area contributed by atoms with Crippen molar-refractivity contribution in [1.29, 1.82) is 0 Å². The Morgan fingerprint density at radius 2 is 2.07 bits per heavy atom. The van der Waals surface area contributed by atoms with Crippen LogP contribution in [-0.4, -0.2) is 30.3 Å². The first-order valence-electron chi connectivity index (χ1n) is 8.59. The molecule has 0 spiro atoms. The van der Waals surface area contributed by atoms with E-state index in [1.165, 1.54) is 0 Å². The Morgan fingerprint density at radius 1 is 1.24 bits per heavy atom. The molecule has 150 valence electrons. The van der Waals surface area contributed by atoms with Crippen molar-refractivity contribution in [3.05, 3.63) is 60.7 Å². The molecule has 0 fully saturated rings. The number of hydrogen-bond donors (Lipinski definition) is 1. The summed E-state index contributed by atoms with van der Waals surface area (Å²) in [6.07, 6.45) is 3.25. The van der Waals surface area contributed by atoms with Crippen molar-refractivity contribution in [2.24, 2.45) is 5.10 Å². The van der Waals surface area contributed by atoms with Gasteiger partial charge in [0.1, 0.15) is 11.3 Å². The van der Waals surface area contributed by atoms with Crippen LogP contribution in [0.2, 0.25) is 0 Å². The van der Waals surface area contributed by atoms with Crippen LogP contribution in [0.4, 0.5) is 0 Å². The molecule has 0 saturated carbocycles. The van der Waals surface area contributed by atoms with Gasteiger partial charge in [0.25, 0.3) is 5.91 Å². The number of nitrogens with one attached hydrogen (secondary N) is 1. The molecule has 0 saturated heterocycles. The Labute approximate surface area is 198 Å². The van der Waals surface area contributed by atoms with Gasteiger partial charge in [-0.1, -0.05) is 22.0 Å². The number of pyridine rings is 1. The van der Waals surface area contributed by atoms with Gasteiger partial charge in [0.2, 0.25) is 0 Å². The third-order valence-corrected chi connectivity index (χ3v) is 5.84. The maximum atomic E-state index is 12.1. The Kier molecular flexibility index (Phi) is 7.84. The van der Waals surface area contributed by atoms with Crippen LogP contribution in [0.25, 0.3) is 10.9 Å². The lowest BCUT2D eigenvalue weighted by Crippen LogP contribution is -2.24. The van der Waals surface area contributed by atoms with Crippen LogP contribution in [0.5, 0.6) is 11.5 Å². The molecule has 0 bridgehead atoms. The number of hydrazone groups is 1. The van der Waals surface area contributed by atoms with E-state index in [0.717, 1.165) is 24.7 Å². The number of carbonyl (C=O) groups excluding carboxylic acids is 1. The number of carbonyl (C=O) groups is 1. The summed E-state index contributed by atoms with van der Waals surface area (Å²) in [5.74, 6) is 0.952. The molecule has 6 nitrogen and oxygen atoms in total. The minimum Gasteiger partial charge on any atom is -0.493 e. The number of halogens is 3. The fraction of sp³-hybridized carbons (Fsp3) is 0.150. The molecular weight excluding hydrogens is 617 g/mol. The fourth-order valence-electron chi connectivity index (χ4n) is 2.50. The van der Waals surface area contributed by atoms with Crippen molar-refractivity contribution in [3.8, 4) is 11.5 Å². The van der Waals surface area contributed by atoms with Gasteiger partial charge in [0.05, 0.1) is 20.9 Å². The molecule has 3 rings (SSSR count). The van der Waals surface area contributed by atoms with Gasteiger partial charge in [0.15, 0.2) is 12.4 Å². The molecule has 0 aliphatic heterocycles. The summed E-state index contributed by atoms with van der Waals surface area (Å²) < 4.78 is 13.8. The van der Waals surface area contributed by atoms with Crippen molar-refractivity contribution in [3.63, 3.8) is 0 Å². The predicted molar refractivity (Wildman–Crippen MR) is 129 cm³/mol. The molecule has 1 aromatic heterocycles. The van der Waals surface area contributed by atoms with Gasteiger partial charge in [-0.2, -0.15) is 5.10 Å². The molecule has 9 heteroatoms. The number of nitrogens with zero attached hydrogens (tertiary/aromatic N) is 2. The molecule has 0 unspecified atom stereocenters. The summed E-state index contributed by atoms with van der Waals surface area (Å²) in [5.41, 5.74) is 3.98. The van der Waals surface area contributed by atoms with Crippen LogP contribution in [0.15, 0.2) is 56.6 Å². The zero-order valence-electron chi connectivity index (χ0n) is 15.3. The van der Waals surface area contributed by atoms with Crippen molar-refractivity contribution < 1.29 is 14.3 Å². The normalized spacial score (nSPS) is 11.0. The minimum absolute atomic E-state index is 0.190. The number of aromatic nitrogens is 1. The molecular formula is C20H16Br2IN3O3. The van der Waals surface area contributed by atoms with E-state index in [-0.39, 0.29) is 12.5 Å². The van der Waals surface area contributed by atoms with Crippen LogP contribution in [0, 0.1) is 3.57 Å². The monoisotopic (exact) mass is 631 g/mol. The van der Waals surface area contributed by atoms with Crippen molar-refractivity contribution in [1.82, 2.24) is 10.4 Å². The summed E-state index contributed by atoms with van der Waals surface area (Å²) in [6.45, 7) is 2.36. The predicted octanol–water partition coefficient (Wildman–Crippen LogP) is 5.29. The third-order valence-electron chi connectivity index (χ3n) is 3.76. The van der Waals surface area contributed by atoms with E-state index < -0.39 is 0 Å². The average molecular weight is 633 g/mol. The highest BCUT2D eigenvalue weighted by molar-refractivity contribution is 14.1. The second-order valence-corrected chi connectivity index (χ2v) is 8.64. The van der Waals surface area contributed by atoms with Crippen molar-refractivity contribution in [2.75, 3.05) is 13.2 Å². The number of rotatable bonds is 7. The molecule has 0 aliphatic rings. The number of amides is 1. The molecule has 1 amide bonds. The van der Waals surface area contributed by atoms with Crippen LogP contribution in [-0.2, 0) is 4.79 Å². The molecule has 1 heterocycles. The summed E-state index contributed by atoms with van der Waals surface area (Å²) in [7, 11) is 0. The second kappa shape index (κ2) is 10.4. The molecule has 29 heavy (non-hydrogen) atoms. The molecule has 0 aliphatic carbocycles. The van der Waals surface area contributed by atoms with Gasteiger partial charge in [0, 0.05) is 16.1 Å². The largest absolute Gasteiger partial charge is 0.493 e. The summed E-state index contributed by atoms with van der Waals surface area (Å²) in [5, 5.41) is 4.88. The highest BCUT2D eigenvalue weighted by Gasteiger charge is 2.13. The zero-order valence-corrected chi connectivity index (χ0v) is 20.6. The van der Waals surface area contributed by atoms with E-state index in [1.807, 2.05) is 43.3 Å². The highest BCUT2D eigenvalue weighted by Crippen LogP contribution is 2.37. The molecule has 2 aromatic carbocycles. The second-order valence-electron chi connectivity index (χ2n) is 5.77. The van der Waals surface area contributed by atoms with E-state index in [2.05, 4.69) is 70.0 Å². The first-order valence-corrected chi connectivity index (χ1v) is 11.3. The lowest BCUT2D eigenvalue weighted by Gasteiger charge is -2.11. The summed E-state index contributed by atoms with van der Waals surface area (Å²) >= 11 is 9.16. The number of benzene rings is 2. The maximum absolute atomic E-state index is 12.1. The van der Waals surface area contributed by atoms with Gasteiger partial charge in [-0.15, -0.1) is 0 Å². The zero-order chi connectivity index (χ0) is 20.8. The number of hydrogen-bond acceptors (Lipinski definition) is 5. The van der Waals surface area contributed by atoms with E-state index in [0.29, 0.717) is 22.3 Å². The van der Waals surface area contributed by atoms with Crippen LogP contribution >= 0.6 is 54.5 Å². The topological polar surface area (TPSA) is 72.8 Å². The van der Waals surface area contributed by atoms with Gasteiger partial charge in [-0.05, 0) is 81.3 Å². The summed E-state index contributed by atoms with van der Waals surface area (Å²) in [6, 6.07) is 11.3. The number of fused-ring (bicyclic) bond motifs is 1. The van der Waals surface area contributed by atoms with E-state index in [4.69, 9.17) is 9.47 Å². The van der Waals surface area contributed by atoms with Crippen molar-refractivity contribution >= 4 is 77.5 Å². The Morgan fingerprint density at radius 3 is 2.83 bits per heavy atom. The lowest BCUT2D eigenvalue weighted by atomic mass is 10.2. The SMILES string of the molecule is CCOc1ccc(/C=N/NC(=O)COc2c(Br)cc(Br)c3cccnc23)cc1I. The quantitative estimate of drug-likeness (QED) is 0.218. The maximum Gasteiger partial charge on any atom is 0.277 e. The first kappa shape index (κ1) is 22.0. The minimum atomic E-state index is -0.374. The number of ether oxygens (including phenoxy) is 2. The standard InChI is InChI=1S/C20H16Br2IN3O3/c1-2-28-17-6-5-12(8-16(17)23)10-25-26-18(27)11-29-20-15(22)9-14(21)13-4-3-7-24-19(13)20/h3-10H,2,11H2,1H3,(H,26,27)/b25-10+. The summed E-state index contributed by atoms with van der Waals surface area (Å²) in [4.78, 5) is 16.5. The average Bonchev–Trinajstić information content (AvgIpc) is 2.70. The van der Waals surface area contributed by atoms with Crippen LogP contribution in [0.3, 0.4) is 0 Å². The van der Waals surface area contributed by atoms with E-state index in [1.54, 1.807) is 12.4 Å². The van der Waals surface area contributed by atoms with E-state index >= 15 is 0 Å². The molecule has 3 aromatic rings. The first-order chi connectivity index (χ1) is 14.0. The lowest BCUT2D eigenvalue weighted by molar-refractivity contribution is -0.123. The molecule has 1 N–H and O–H groups in total. The highest BCUT2D eigenvalue weighted by atomic mass is 127. The van der Waals surface area contributed by atoms with Gasteiger partial charge in [-0.3, -0.25) is 9.78 Å². The third kappa shape index (κ3) is 5.67. The van der Waals surface area contributed by atoms with E-state index in [9.17, 15) is 4.79 Å². The molecule has 0 radical (unpaired) electrons. The Bertz CT molecular complexity index is 1080. The van der Waals surface area contributed by atoms with Gasteiger partial charge in [-0.25, -0.2) is 5.43 Å². The van der Waals surface area contributed by atoms with Crippen molar-refractivity contribution in [2.45, 2.75) is 6.92 Å². The van der Waals surface area contributed by atoms with Gasteiger partial charge >= 0.3 is 0 Å².